The van der Waals surface area contributed by atoms with Crippen molar-refractivity contribution in [1.29, 1.82) is 0 Å². The predicted molar refractivity (Wildman–Crippen MR) is 76.3 cm³/mol. The lowest BCUT2D eigenvalue weighted by Gasteiger charge is -2.37. The second-order valence-electron chi connectivity index (χ2n) is 5.97. The van der Waals surface area contributed by atoms with Crippen LogP contribution in [-0.4, -0.2) is 30.9 Å². The molecule has 0 aromatic carbocycles. The van der Waals surface area contributed by atoms with Crippen molar-refractivity contribution in [3.8, 4) is 0 Å². The van der Waals surface area contributed by atoms with E-state index in [9.17, 15) is 4.79 Å². The molecule has 106 valence electrons. The largest absolute Gasteiger partial charge is 0.345 e. The Bertz CT molecular complexity index is 255. The van der Waals surface area contributed by atoms with Gasteiger partial charge in [-0.2, -0.15) is 0 Å². The molecule has 0 aromatic heterocycles. The first-order valence-electron chi connectivity index (χ1n) is 7.55. The minimum atomic E-state index is -0.304. The van der Waals surface area contributed by atoms with E-state index in [-0.39, 0.29) is 11.3 Å². The van der Waals surface area contributed by atoms with Crippen LogP contribution in [0.15, 0.2) is 0 Å². The quantitative estimate of drug-likeness (QED) is 0.724. The molecule has 1 aliphatic rings. The van der Waals surface area contributed by atoms with Gasteiger partial charge in [0.1, 0.15) is 0 Å². The fourth-order valence-corrected chi connectivity index (χ4v) is 3.14. The molecule has 3 heteroatoms. The Kier molecular flexibility index (Phi) is 6.13. The molecule has 1 aliphatic carbocycles. The summed E-state index contributed by atoms with van der Waals surface area (Å²) in [5.74, 6) is 1.01. The maximum atomic E-state index is 12.7. The molecule has 0 heterocycles. The zero-order valence-corrected chi connectivity index (χ0v) is 12.4. The van der Waals surface area contributed by atoms with E-state index in [2.05, 4.69) is 13.8 Å². The molecule has 2 N–H and O–H groups in total. The monoisotopic (exact) mass is 254 g/mol. The van der Waals surface area contributed by atoms with Crippen LogP contribution in [-0.2, 0) is 4.79 Å². The topological polar surface area (TPSA) is 46.3 Å². The normalized spacial score (nSPS) is 16.4. The van der Waals surface area contributed by atoms with Crippen molar-refractivity contribution in [3.05, 3.63) is 0 Å². The van der Waals surface area contributed by atoms with Gasteiger partial charge in [0.25, 0.3) is 0 Å². The van der Waals surface area contributed by atoms with Gasteiger partial charge in [0.05, 0.1) is 5.41 Å². The average Bonchev–Trinajstić information content (AvgIpc) is 2.32. The van der Waals surface area contributed by atoms with Gasteiger partial charge in [0.2, 0.25) is 5.91 Å². The number of carbonyl (C=O) groups excluding carboxylic acids is 1. The minimum Gasteiger partial charge on any atom is -0.345 e. The predicted octanol–water partition coefficient (Wildman–Crippen LogP) is 2.79. The number of hydrogen-bond donors (Lipinski definition) is 1. The summed E-state index contributed by atoms with van der Waals surface area (Å²) in [7, 11) is 1.95. The zero-order valence-electron chi connectivity index (χ0n) is 12.4. The van der Waals surface area contributed by atoms with E-state index < -0.39 is 0 Å². The van der Waals surface area contributed by atoms with Gasteiger partial charge >= 0.3 is 0 Å². The van der Waals surface area contributed by atoms with Crippen LogP contribution in [0.1, 0.15) is 58.8 Å². The van der Waals surface area contributed by atoms with E-state index in [0.717, 1.165) is 38.1 Å². The van der Waals surface area contributed by atoms with Crippen LogP contribution < -0.4 is 5.73 Å². The maximum absolute atomic E-state index is 12.7. The van der Waals surface area contributed by atoms with Crippen LogP contribution in [0.4, 0.5) is 0 Å². The van der Waals surface area contributed by atoms with Gasteiger partial charge in [0.15, 0.2) is 0 Å². The highest BCUT2D eigenvalue weighted by atomic mass is 16.2. The van der Waals surface area contributed by atoms with Crippen molar-refractivity contribution in [2.24, 2.45) is 17.1 Å². The van der Waals surface area contributed by atoms with Gasteiger partial charge in [-0.05, 0) is 31.6 Å². The van der Waals surface area contributed by atoms with Gasteiger partial charge in [-0.3, -0.25) is 4.79 Å². The van der Waals surface area contributed by atoms with Crippen molar-refractivity contribution in [1.82, 2.24) is 4.90 Å². The first-order chi connectivity index (χ1) is 8.59. The SMILES string of the molecule is CCCC(CN)(CCC)C(=O)N(C)CC1CCC1. The van der Waals surface area contributed by atoms with Gasteiger partial charge < -0.3 is 10.6 Å². The molecule has 0 unspecified atom stereocenters. The molecule has 0 bridgehead atoms. The fraction of sp³-hybridized carbons (Fsp3) is 0.933. The standard InChI is InChI=1S/C15H30N2O/c1-4-9-15(12-16,10-5-2)14(18)17(3)11-13-7-6-8-13/h13H,4-12,16H2,1-3H3. The molecule has 0 atom stereocenters. The number of nitrogens with two attached hydrogens (primary N) is 1. The van der Waals surface area contributed by atoms with Crippen molar-refractivity contribution in [3.63, 3.8) is 0 Å². The van der Waals surface area contributed by atoms with Crippen LogP contribution in [0.3, 0.4) is 0 Å². The highest BCUT2D eigenvalue weighted by molar-refractivity contribution is 5.82. The van der Waals surface area contributed by atoms with E-state index in [0.29, 0.717) is 6.54 Å². The van der Waals surface area contributed by atoms with E-state index in [4.69, 9.17) is 5.73 Å². The van der Waals surface area contributed by atoms with Gasteiger partial charge in [0, 0.05) is 20.1 Å². The Morgan fingerprint density at radius 2 is 1.83 bits per heavy atom. The summed E-state index contributed by atoms with van der Waals surface area (Å²) in [6, 6.07) is 0. The third-order valence-electron chi connectivity index (χ3n) is 4.41. The maximum Gasteiger partial charge on any atom is 0.229 e. The average molecular weight is 254 g/mol. The lowest BCUT2D eigenvalue weighted by molar-refractivity contribution is -0.142. The number of nitrogens with zero attached hydrogens (tertiary/aromatic N) is 1. The molecule has 1 rings (SSSR count). The van der Waals surface area contributed by atoms with Crippen LogP contribution in [0.25, 0.3) is 0 Å². The lowest BCUT2D eigenvalue weighted by atomic mass is 9.77. The molecule has 0 aliphatic heterocycles. The summed E-state index contributed by atoms with van der Waals surface area (Å²) in [5.41, 5.74) is 5.64. The van der Waals surface area contributed by atoms with E-state index in [1.54, 1.807) is 0 Å². The summed E-state index contributed by atoms with van der Waals surface area (Å²) in [4.78, 5) is 14.6. The molecule has 18 heavy (non-hydrogen) atoms. The first kappa shape index (κ1) is 15.5. The molecule has 3 nitrogen and oxygen atoms in total. The summed E-state index contributed by atoms with van der Waals surface area (Å²) in [6.07, 6.45) is 7.80. The molecular formula is C15H30N2O. The summed E-state index contributed by atoms with van der Waals surface area (Å²) in [6.45, 7) is 5.69. The molecule has 1 amide bonds. The summed E-state index contributed by atoms with van der Waals surface area (Å²) < 4.78 is 0. The van der Waals surface area contributed by atoms with Gasteiger partial charge in [-0.15, -0.1) is 0 Å². The molecule has 0 aromatic rings. The van der Waals surface area contributed by atoms with Crippen molar-refractivity contribution >= 4 is 5.91 Å². The summed E-state index contributed by atoms with van der Waals surface area (Å²) in [5, 5.41) is 0. The van der Waals surface area contributed by atoms with Crippen molar-refractivity contribution in [2.45, 2.75) is 58.8 Å². The number of hydrogen-bond acceptors (Lipinski definition) is 2. The first-order valence-corrected chi connectivity index (χ1v) is 7.55. The Morgan fingerprint density at radius 1 is 1.28 bits per heavy atom. The van der Waals surface area contributed by atoms with Crippen LogP contribution >= 0.6 is 0 Å². The number of rotatable bonds is 8. The molecule has 0 saturated heterocycles. The van der Waals surface area contributed by atoms with Crippen molar-refractivity contribution in [2.75, 3.05) is 20.1 Å². The zero-order chi connectivity index (χ0) is 13.6. The third-order valence-corrected chi connectivity index (χ3v) is 4.41. The van der Waals surface area contributed by atoms with Crippen LogP contribution in [0, 0.1) is 11.3 Å². The minimum absolute atomic E-state index is 0.278. The Hall–Kier alpha value is -0.570. The van der Waals surface area contributed by atoms with E-state index >= 15 is 0 Å². The van der Waals surface area contributed by atoms with E-state index in [1.165, 1.54) is 19.3 Å². The highest BCUT2D eigenvalue weighted by Crippen LogP contribution is 2.33. The Morgan fingerprint density at radius 3 is 2.17 bits per heavy atom. The van der Waals surface area contributed by atoms with Crippen molar-refractivity contribution < 1.29 is 4.79 Å². The van der Waals surface area contributed by atoms with Crippen LogP contribution in [0.2, 0.25) is 0 Å². The lowest BCUT2D eigenvalue weighted by Crippen LogP contribution is -2.48. The number of carbonyl (C=O) groups is 1. The Labute approximate surface area is 112 Å². The van der Waals surface area contributed by atoms with E-state index in [1.807, 2.05) is 11.9 Å². The van der Waals surface area contributed by atoms with Gasteiger partial charge in [-0.25, -0.2) is 0 Å². The molecule has 1 saturated carbocycles. The van der Waals surface area contributed by atoms with Crippen LogP contribution in [0.5, 0.6) is 0 Å². The second kappa shape index (κ2) is 7.13. The Balaban J connectivity index is 2.66. The summed E-state index contributed by atoms with van der Waals surface area (Å²) >= 11 is 0. The number of amides is 1. The third kappa shape index (κ3) is 3.47. The molecule has 1 fully saturated rings. The molecule has 0 spiro atoms. The smallest absolute Gasteiger partial charge is 0.229 e. The fourth-order valence-electron chi connectivity index (χ4n) is 3.14. The van der Waals surface area contributed by atoms with Gasteiger partial charge in [-0.1, -0.05) is 33.1 Å². The molecular weight excluding hydrogens is 224 g/mol. The second-order valence-corrected chi connectivity index (χ2v) is 5.97. The molecule has 0 radical (unpaired) electrons. The highest BCUT2D eigenvalue weighted by Gasteiger charge is 2.38.